The van der Waals surface area contributed by atoms with Gasteiger partial charge in [-0.1, -0.05) is 31.2 Å². The minimum absolute atomic E-state index is 0.956. The third-order valence-corrected chi connectivity index (χ3v) is 2.53. The molecule has 0 bridgehead atoms. The Kier molecular flexibility index (Phi) is 2.82. The fraction of sp³-hybridized carbons (Fsp3) is 0.417. The van der Waals surface area contributed by atoms with E-state index in [1.165, 1.54) is 11.1 Å². The highest BCUT2D eigenvalue weighted by atomic mass is 15.0. The summed E-state index contributed by atoms with van der Waals surface area (Å²) in [7, 11) is 0. The minimum atomic E-state index is 0.956. The maximum atomic E-state index is 4.46. The summed E-state index contributed by atoms with van der Waals surface area (Å²) in [5.41, 5.74) is 2.59. The fourth-order valence-electron chi connectivity index (χ4n) is 1.62. The van der Waals surface area contributed by atoms with E-state index in [0.29, 0.717) is 0 Å². The number of nitrogens with one attached hydrogen (secondary N) is 1. The molecule has 0 atom stereocenters. The van der Waals surface area contributed by atoms with E-state index in [2.05, 4.69) is 41.5 Å². The van der Waals surface area contributed by atoms with E-state index in [0.717, 1.165) is 31.8 Å². The van der Waals surface area contributed by atoms with Crippen LogP contribution in [0.1, 0.15) is 24.5 Å². The number of amidine groups is 1. The van der Waals surface area contributed by atoms with Crippen molar-refractivity contribution in [2.24, 2.45) is 4.99 Å². The highest BCUT2D eigenvalue weighted by Gasteiger charge is 2.05. The van der Waals surface area contributed by atoms with E-state index in [4.69, 9.17) is 0 Å². The molecule has 1 aliphatic heterocycles. The topological polar surface area (TPSA) is 24.4 Å². The number of rotatable bonds is 2. The van der Waals surface area contributed by atoms with Gasteiger partial charge in [-0.3, -0.25) is 4.99 Å². The number of benzene rings is 1. The molecular formula is C12H16N2. The standard InChI is InChI=1S/C12H16N2/c1-2-10-4-6-11(7-5-10)12-13-8-3-9-14-12/h4-7H,2-3,8-9H2,1H3,(H,13,14). The summed E-state index contributed by atoms with van der Waals surface area (Å²) in [6.45, 7) is 4.18. The van der Waals surface area contributed by atoms with E-state index in [9.17, 15) is 0 Å². The van der Waals surface area contributed by atoms with Crippen LogP contribution in [-0.4, -0.2) is 18.9 Å². The fourth-order valence-corrected chi connectivity index (χ4v) is 1.62. The molecule has 2 rings (SSSR count). The molecule has 0 saturated heterocycles. The average molecular weight is 188 g/mol. The maximum absolute atomic E-state index is 4.46. The van der Waals surface area contributed by atoms with Crippen LogP contribution in [0.5, 0.6) is 0 Å². The summed E-state index contributed by atoms with van der Waals surface area (Å²) >= 11 is 0. The average Bonchev–Trinajstić information content (AvgIpc) is 2.30. The highest BCUT2D eigenvalue weighted by molar-refractivity contribution is 5.99. The second-order valence-corrected chi connectivity index (χ2v) is 3.56. The van der Waals surface area contributed by atoms with Crippen LogP contribution < -0.4 is 5.32 Å². The van der Waals surface area contributed by atoms with E-state index in [-0.39, 0.29) is 0 Å². The number of hydrogen-bond acceptors (Lipinski definition) is 2. The van der Waals surface area contributed by atoms with Crippen molar-refractivity contribution in [3.05, 3.63) is 35.4 Å². The van der Waals surface area contributed by atoms with Crippen molar-refractivity contribution in [2.45, 2.75) is 19.8 Å². The number of aryl methyl sites for hydroxylation is 1. The smallest absolute Gasteiger partial charge is 0.128 e. The van der Waals surface area contributed by atoms with Crippen LogP contribution in [0.15, 0.2) is 29.3 Å². The molecule has 74 valence electrons. The molecule has 0 aliphatic carbocycles. The summed E-state index contributed by atoms with van der Waals surface area (Å²) in [5, 5.41) is 3.32. The van der Waals surface area contributed by atoms with Crippen molar-refractivity contribution in [1.29, 1.82) is 0 Å². The van der Waals surface area contributed by atoms with Gasteiger partial charge in [0.25, 0.3) is 0 Å². The van der Waals surface area contributed by atoms with Gasteiger partial charge in [-0.25, -0.2) is 0 Å². The normalized spacial score (nSPS) is 15.9. The molecule has 1 heterocycles. The minimum Gasteiger partial charge on any atom is -0.370 e. The van der Waals surface area contributed by atoms with Gasteiger partial charge >= 0.3 is 0 Å². The van der Waals surface area contributed by atoms with Gasteiger partial charge in [0.05, 0.1) is 0 Å². The summed E-state index contributed by atoms with van der Waals surface area (Å²) in [5.74, 6) is 1.05. The van der Waals surface area contributed by atoms with Crippen molar-refractivity contribution < 1.29 is 0 Å². The Morgan fingerprint density at radius 3 is 2.64 bits per heavy atom. The first-order valence-electron chi connectivity index (χ1n) is 5.28. The van der Waals surface area contributed by atoms with Gasteiger partial charge in [0.1, 0.15) is 5.84 Å². The molecule has 1 aliphatic rings. The van der Waals surface area contributed by atoms with Crippen LogP contribution >= 0.6 is 0 Å². The SMILES string of the molecule is CCc1ccc(C2=NCCCN2)cc1. The Balaban J connectivity index is 2.19. The molecule has 0 fully saturated rings. The molecular weight excluding hydrogens is 172 g/mol. The summed E-state index contributed by atoms with van der Waals surface area (Å²) in [6, 6.07) is 8.65. The molecule has 1 aromatic rings. The van der Waals surface area contributed by atoms with Gasteiger partial charge in [-0.15, -0.1) is 0 Å². The summed E-state index contributed by atoms with van der Waals surface area (Å²) < 4.78 is 0. The Morgan fingerprint density at radius 1 is 1.29 bits per heavy atom. The van der Waals surface area contributed by atoms with Gasteiger partial charge in [-0.05, 0) is 18.4 Å². The molecule has 0 unspecified atom stereocenters. The molecule has 0 spiro atoms. The molecule has 0 amide bonds. The lowest BCUT2D eigenvalue weighted by molar-refractivity contribution is 0.742. The van der Waals surface area contributed by atoms with Crippen molar-refractivity contribution in [1.82, 2.24) is 5.32 Å². The lowest BCUT2D eigenvalue weighted by Crippen LogP contribution is -2.30. The molecule has 0 aromatic heterocycles. The van der Waals surface area contributed by atoms with E-state index in [1.54, 1.807) is 0 Å². The Morgan fingerprint density at radius 2 is 2.07 bits per heavy atom. The third kappa shape index (κ3) is 1.95. The lowest BCUT2D eigenvalue weighted by Gasteiger charge is -2.14. The van der Waals surface area contributed by atoms with Crippen molar-refractivity contribution >= 4 is 5.84 Å². The maximum Gasteiger partial charge on any atom is 0.128 e. The second kappa shape index (κ2) is 4.27. The van der Waals surface area contributed by atoms with Crippen LogP contribution in [0.4, 0.5) is 0 Å². The summed E-state index contributed by atoms with van der Waals surface area (Å²) in [6.07, 6.45) is 2.25. The predicted octanol–water partition coefficient (Wildman–Crippen LogP) is 1.99. The first-order chi connectivity index (χ1) is 6.90. The first kappa shape index (κ1) is 9.25. The van der Waals surface area contributed by atoms with E-state index >= 15 is 0 Å². The van der Waals surface area contributed by atoms with Crippen molar-refractivity contribution in [2.75, 3.05) is 13.1 Å². The quantitative estimate of drug-likeness (QED) is 0.754. The first-order valence-corrected chi connectivity index (χ1v) is 5.28. The van der Waals surface area contributed by atoms with Gasteiger partial charge in [-0.2, -0.15) is 0 Å². The van der Waals surface area contributed by atoms with Crippen LogP contribution in [0.25, 0.3) is 0 Å². The van der Waals surface area contributed by atoms with Crippen molar-refractivity contribution in [3.63, 3.8) is 0 Å². The zero-order valence-electron chi connectivity index (χ0n) is 8.59. The second-order valence-electron chi connectivity index (χ2n) is 3.56. The molecule has 1 aromatic carbocycles. The van der Waals surface area contributed by atoms with Gasteiger partial charge < -0.3 is 5.32 Å². The van der Waals surface area contributed by atoms with E-state index < -0.39 is 0 Å². The Hall–Kier alpha value is -1.31. The largest absolute Gasteiger partial charge is 0.370 e. The van der Waals surface area contributed by atoms with Gasteiger partial charge in [0.2, 0.25) is 0 Å². The highest BCUT2D eigenvalue weighted by Crippen LogP contribution is 2.07. The molecule has 0 radical (unpaired) electrons. The summed E-state index contributed by atoms with van der Waals surface area (Å²) in [4.78, 5) is 4.46. The third-order valence-electron chi connectivity index (χ3n) is 2.53. The van der Waals surface area contributed by atoms with Crippen molar-refractivity contribution in [3.8, 4) is 0 Å². The van der Waals surface area contributed by atoms with Crippen LogP contribution in [0, 0.1) is 0 Å². The lowest BCUT2D eigenvalue weighted by atomic mass is 10.1. The number of aliphatic imine (C=N–C) groups is 1. The molecule has 0 saturated carbocycles. The van der Waals surface area contributed by atoms with Gasteiger partial charge in [0, 0.05) is 18.7 Å². The molecule has 14 heavy (non-hydrogen) atoms. The molecule has 2 nitrogen and oxygen atoms in total. The number of hydrogen-bond donors (Lipinski definition) is 1. The Labute approximate surface area is 85.1 Å². The number of nitrogens with zero attached hydrogens (tertiary/aromatic N) is 1. The zero-order valence-corrected chi connectivity index (χ0v) is 8.59. The molecule has 1 N–H and O–H groups in total. The zero-order chi connectivity index (χ0) is 9.80. The Bertz CT molecular complexity index is 325. The van der Waals surface area contributed by atoms with Crippen LogP contribution in [0.3, 0.4) is 0 Å². The van der Waals surface area contributed by atoms with Gasteiger partial charge in [0.15, 0.2) is 0 Å². The molecule has 2 heteroatoms. The van der Waals surface area contributed by atoms with Crippen LogP contribution in [0.2, 0.25) is 0 Å². The monoisotopic (exact) mass is 188 g/mol. The predicted molar refractivity (Wildman–Crippen MR) is 59.8 cm³/mol. The van der Waals surface area contributed by atoms with E-state index in [1.807, 2.05) is 0 Å². The van der Waals surface area contributed by atoms with Crippen LogP contribution in [-0.2, 0) is 6.42 Å².